The van der Waals surface area contributed by atoms with Crippen LogP contribution in [0.4, 0.5) is 0 Å². The quantitative estimate of drug-likeness (QED) is 0.636. The summed E-state index contributed by atoms with van der Waals surface area (Å²) in [5.74, 6) is 0.954. The first-order chi connectivity index (χ1) is 9.27. The second-order valence-electron chi connectivity index (χ2n) is 4.82. The molecule has 0 bridgehead atoms. The van der Waals surface area contributed by atoms with E-state index in [1.54, 1.807) is 0 Å². The first kappa shape index (κ1) is 16.5. The van der Waals surface area contributed by atoms with Gasteiger partial charge in [0.25, 0.3) is 0 Å². The van der Waals surface area contributed by atoms with Crippen LogP contribution in [0.25, 0.3) is 0 Å². The minimum Gasteiger partial charge on any atom is -0.492 e. The van der Waals surface area contributed by atoms with Crippen molar-refractivity contribution in [2.24, 2.45) is 0 Å². The number of halogens is 1. The molecular weight excluding hydrogens is 302 g/mol. The van der Waals surface area contributed by atoms with E-state index < -0.39 is 0 Å². The number of benzene rings is 1. The fourth-order valence-electron chi connectivity index (χ4n) is 1.91. The third-order valence-electron chi connectivity index (χ3n) is 2.95. The molecule has 0 heterocycles. The van der Waals surface area contributed by atoms with E-state index in [9.17, 15) is 0 Å². The Bertz CT molecular complexity index is 355. The summed E-state index contributed by atoms with van der Waals surface area (Å²) in [6.07, 6.45) is 5.87. The molecule has 0 unspecified atom stereocenters. The summed E-state index contributed by atoms with van der Waals surface area (Å²) in [7, 11) is 0. The molecule has 0 aliphatic rings. The number of aryl methyl sites for hydroxylation is 1. The van der Waals surface area contributed by atoms with Gasteiger partial charge in [-0.3, -0.25) is 0 Å². The number of nitrogens with one attached hydrogen (secondary N) is 1. The van der Waals surface area contributed by atoms with Gasteiger partial charge in [-0.25, -0.2) is 0 Å². The third-order valence-corrected chi connectivity index (χ3v) is 3.57. The Morgan fingerprint density at radius 1 is 1.11 bits per heavy atom. The Balaban J connectivity index is 2.29. The van der Waals surface area contributed by atoms with Gasteiger partial charge in [0.05, 0.1) is 11.1 Å². The molecule has 2 nitrogen and oxygen atoms in total. The molecular formula is C16H26BrNO. The number of hydrogen-bond donors (Lipinski definition) is 1. The molecule has 0 amide bonds. The lowest BCUT2D eigenvalue weighted by molar-refractivity contribution is 0.315. The summed E-state index contributed by atoms with van der Waals surface area (Å²) >= 11 is 3.58. The Hall–Kier alpha value is -0.540. The van der Waals surface area contributed by atoms with E-state index in [0.29, 0.717) is 0 Å². The molecule has 1 N–H and O–H groups in total. The van der Waals surface area contributed by atoms with Crippen LogP contribution in [-0.4, -0.2) is 19.7 Å². The van der Waals surface area contributed by atoms with E-state index in [1.165, 1.54) is 24.8 Å². The molecule has 0 aromatic heterocycles. The van der Waals surface area contributed by atoms with Crippen molar-refractivity contribution in [2.45, 2.75) is 46.0 Å². The summed E-state index contributed by atoms with van der Waals surface area (Å²) in [6, 6.07) is 6.43. The second kappa shape index (κ2) is 10.3. The van der Waals surface area contributed by atoms with Gasteiger partial charge in [-0.1, -0.05) is 19.9 Å². The molecule has 108 valence electrons. The summed E-state index contributed by atoms with van der Waals surface area (Å²) < 4.78 is 6.73. The van der Waals surface area contributed by atoms with E-state index in [2.05, 4.69) is 53.3 Å². The van der Waals surface area contributed by atoms with Gasteiger partial charge in [-0.05, 0) is 78.8 Å². The molecule has 0 aliphatic heterocycles. The number of ether oxygens (including phenoxy) is 1. The van der Waals surface area contributed by atoms with Crippen molar-refractivity contribution in [3.05, 3.63) is 28.2 Å². The van der Waals surface area contributed by atoms with Gasteiger partial charge >= 0.3 is 0 Å². The van der Waals surface area contributed by atoms with Gasteiger partial charge in [-0.15, -0.1) is 0 Å². The standard InChI is InChI=1S/C16H26BrNO/c1-3-10-18-11-6-5-7-14-8-9-16(15(17)13-14)19-12-4-2/h8-9,13,18H,3-7,10-12H2,1-2H3. The van der Waals surface area contributed by atoms with E-state index in [-0.39, 0.29) is 0 Å². The highest BCUT2D eigenvalue weighted by Crippen LogP contribution is 2.26. The van der Waals surface area contributed by atoms with Crippen LogP contribution in [0.15, 0.2) is 22.7 Å². The van der Waals surface area contributed by atoms with E-state index in [1.807, 2.05) is 0 Å². The monoisotopic (exact) mass is 327 g/mol. The Kier molecular flexibility index (Phi) is 8.93. The molecule has 3 heteroatoms. The van der Waals surface area contributed by atoms with Crippen molar-refractivity contribution in [3.63, 3.8) is 0 Å². The van der Waals surface area contributed by atoms with E-state index in [0.717, 1.165) is 42.8 Å². The van der Waals surface area contributed by atoms with Gasteiger partial charge in [-0.2, -0.15) is 0 Å². The predicted molar refractivity (Wildman–Crippen MR) is 86.0 cm³/mol. The zero-order valence-electron chi connectivity index (χ0n) is 12.2. The maximum Gasteiger partial charge on any atom is 0.133 e. The molecule has 1 aromatic carbocycles. The molecule has 0 radical (unpaired) electrons. The largest absolute Gasteiger partial charge is 0.492 e. The molecule has 1 aromatic rings. The highest BCUT2D eigenvalue weighted by molar-refractivity contribution is 9.10. The van der Waals surface area contributed by atoms with Crippen molar-refractivity contribution in [2.75, 3.05) is 19.7 Å². The van der Waals surface area contributed by atoms with Gasteiger partial charge in [0.2, 0.25) is 0 Å². The fraction of sp³-hybridized carbons (Fsp3) is 0.625. The van der Waals surface area contributed by atoms with Crippen LogP contribution in [0.5, 0.6) is 5.75 Å². The van der Waals surface area contributed by atoms with Crippen LogP contribution in [0.2, 0.25) is 0 Å². The summed E-state index contributed by atoms with van der Waals surface area (Å²) in [5.41, 5.74) is 1.38. The van der Waals surface area contributed by atoms with E-state index >= 15 is 0 Å². The minimum absolute atomic E-state index is 0.779. The maximum absolute atomic E-state index is 5.65. The normalized spacial score (nSPS) is 10.7. The van der Waals surface area contributed by atoms with Crippen molar-refractivity contribution >= 4 is 15.9 Å². The zero-order chi connectivity index (χ0) is 13.9. The molecule has 0 saturated carbocycles. The highest BCUT2D eigenvalue weighted by Gasteiger charge is 2.02. The molecule has 0 aliphatic carbocycles. The zero-order valence-corrected chi connectivity index (χ0v) is 13.8. The molecule has 0 fully saturated rings. The number of rotatable bonds is 10. The number of unbranched alkanes of at least 4 members (excludes halogenated alkanes) is 1. The Labute approximate surface area is 126 Å². The predicted octanol–water partition coefficient (Wildman–Crippen LogP) is 4.56. The van der Waals surface area contributed by atoms with Crippen LogP contribution < -0.4 is 10.1 Å². The van der Waals surface area contributed by atoms with Crippen LogP contribution >= 0.6 is 15.9 Å². The average molecular weight is 328 g/mol. The fourth-order valence-corrected chi connectivity index (χ4v) is 2.45. The van der Waals surface area contributed by atoms with Crippen LogP contribution in [0, 0.1) is 0 Å². The summed E-state index contributed by atoms with van der Waals surface area (Å²) in [4.78, 5) is 0. The van der Waals surface area contributed by atoms with Crippen molar-refractivity contribution < 1.29 is 4.74 Å². The lowest BCUT2D eigenvalue weighted by atomic mass is 10.1. The molecule has 19 heavy (non-hydrogen) atoms. The van der Waals surface area contributed by atoms with E-state index in [4.69, 9.17) is 4.74 Å². The SMILES string of the molecule is CCCNCCCCc1ccc(OCCC)c(Br)c1. The first-order valence-corrected chi connectivity index (χ1v) is 8.19. The lowest BCUT2D eigenvalue weighted by Gasteiger charge is -2.09. The molecule has 0 spiro atoms. The smallest absolute Gasteiger partial charge is 0.133 e. The summed E-state index contributed by atoms with van der Waals surface area (Å²) in [6.45, 7) is 7.37. The van der Waals surface area contributed by atoms with Crippen molar-refractivity contribution in [1.82, 2.24) is 5.32 Å². The Morgan fingerprint density at radius 3 is 2.63 bits per heavy atom. The molecule has 1 rings (SSSR count). The second-order valence-corrected chi connectivity index (χ2v) is 5.67. The minimum atomic E-state index is 0.779. The third kappa shape index (κ3) is 6.98. The average Bonchev–Trinajstić information content (AvgIpc) is 2.42. The molecule has 0 saturated heterocycles. The molecule has 0 atom stereocenters. The van der Waals surface area contributed by atoms with Crippen LogP contribution in [0.1, 0.15) is 45.1 Å². The number of hydrogen-bond acceptors (Lipinski definition) is 2. The van der Waals surface area contributed by atoms with Crippen molar-refractivity contribution in [3.8, 4) is 5.75 Å². The van der Waals surface area contributed by atoms with Gasteiger partial charge in [0.1, 0.15) is 5.75 Å². The summed E-state index contributed by atoms with van der Waals surface area (Å²) in [5, 5.41) is 3.44. The van der Waals surface area contributed by atoms with Crippen molar-refractivity contribution in [1.29, 1.82) is 0 Å². The van der Waals surface area contributed by atoms with Gasteiger partial charge < -0.3 is 10.1 Å². The first-order valence-electron chi connectivity index (χ1n) is 7.39. The van der Waals surface area contributed by atoms with Crippen LogP contribution in [0.3, 0.4) is 0 Å². The maximum atomic E-state index is 5.65. The van der Waals surface area contributed by atoms with Gasteiger partial charge in [0, 0.05) is 0 Å². The lowest BCUT2D eigenvalue weighted by Crippen LogP contribution is -2.15. The topological polar surface area (TPSA) is 21.3 Å². The Morgan fingerprint density at radius 2 is 1.95 bits per heavy atom. The van der Waals surface area contributed by atoms with Gasteiger partial charge in [0.15, 0.2) is 0 Å². The van der Waals surface area contributed by atoms with Crippen LogP contribution in [-0.2, 0) is 6.42 Å². The highest BCUT2D eigenvalue weighted by atomic mass is 79.9.